The molecule has 0 atom stereocenters. The van der Waals surface area contributed by atoms with Crippen molar-refractivity contribution in [3.8, 4) is 0 Å². The molecule has 14 heavy (non-hydrogen) atoms. The van der Waals surface area contributed by atoms with E-state index in [2.05, 4.69) is 5.32 Å². The molecule has 1 aliphatic rings. The summed E-state index contributed by atoms with van der Waals surface area (Å²) in [6.45, 7) is 4.42. The topological polar surface area (TPSA) is 58.6 Å². The highest BCUT2D eigenvalue weighted by Gasteiger charge is 2.35. The van der Waals surface area contributed by atoms with Gasteiger partial charge in [-0.3, -0.25) is 0 Å². The molecule has 1 aliphatic carbocycles. The maximum Gasteiger partial charge on any atom is 0.405 e. The number of ether oxygens (including phenoxy) is 1. The van der Waals surface area contributed by atoms with Crippen LogP contribution in [0.4, 0.5) is 4.79 Å². The standard InChI is InChI=1S/C10H19NO3/c1-8(2)14-7-10(11-9(12)13)5-3-4-6-10/h8,11H,3-7H2,1-2H3,(H,12,13). The maximum atomic E-state index is 10.6. The van der Waals surface area contributed by atoms with Crippen LogP contribution in [0.5, 0.6) is 0 Å². The van der Waals surface area contributed by atoms with Crippen LogP contribution in [-0.2, 0) is 4.74 Å². The van der Waals surface area contributed by atoms with E-state index in [1.807, 2.05) is 13.8 Å². The van der Waals surface area contributed by atoms with E-state index in [4.69, 9.17) is 9.84 Å². The maximum absolute atomic E-state index is 10.6. The summed E-state index contributed by atoms with van der Waals surface area (Å²) in [5.41, 5.74) is -0.323. The summed E-state index contributed by atoms with van der Waals surface area (Å²) >= 11 is 0. The zero-order valence-corrected chi connectivity index (χ0v) is 8.88. The van der Waals surface area contributed by atoms with E-state index >= 15 is 0 Å². The third-order valence-electron chi connectivity index (χ3n) is 2.63. The van der Waals surface area contributed by atoms with E-state index in [-0.39, 0.29) is 11.6 Å². The summed E-state index contributed by atoms with van der Waals surface area (Å²) in [5.74, 6) is 0. The lowest BCUT2D eigenvalue weighted by Gasteiger charge is -2.29. The minimum absolute atomic E-state index is 0.156. The molecule has 1 saturated carbocycles. The van der Waals surface area contributed by atoms with Crippen LogP contribution >= 0.6 is 0 Å². The van der Waals surface area contributed by atoms with Gasteiger partial charge in [-0.15, -0.1) is 0 Å². The van der Waals surface area contributed by atoms with Crippen molar-refractivity contribution in [2.75, 3.05) is 6.61 Å². The van der Waals surface area contributed by atoms with E-state index in [1.54, 1.807) is 0 Å². The molecule has 0 unspecified atom stereocenters. The lowest BCUT2D eigenvalue weighted by molar-refractivity contribution is 0.0297. The van der Waals surface area contributed by atoms with Gasteiger partial charge in [-0.2, -0.15) is 0 Å². The van der Waals surface area contributed by atoms with Gasteiger partial charge >= 0.3 is 6.09 Å². The Hall–Kier alpha value is -0.770. The molecule has 0 spiro atoms. The molecule has 0 aromatic rings. The Labute approximate surface area is 84.6 Å². The van der Waals surface area contributed by atoms with Crippen molar-refractivity contribution < 1.29 is 14.6 Å². The monoisotopic (exact) mass is 201 g/mol. The van der Waals surface area contributed by atoms with Crippen molar-refractivity contribution in [3.63, 3.8) is 0 Å². The number of hydrogen-bond donors (Lipinski definition) is 2. The molecule has 1 amide bonds. The number of carboxylic acid groups (broad SMARTS) is 1. The second kappa shape index (κ2) is 4.64. The van der Waals surface area contributed by atoms with Crippen LogP contribution in [0.25, 0.3) is 0 Å². The third kappa shape index (κ3) is 3.18. The minimum Gasteiger partial charge on any atom is -0.465 e. The molecule has 0 bridgehead atoms. The Morgan fingerprint density at radius 2 is 2.07 bits per heavy atom. The first kappa shape index (κ1) is 11.3. The SMILES string of the molecule is CC(C)OCC1(NC(=O)O)CCCC1. The normalized spacial score (nSPS) is 19.9. The van der Waals surface area contributed by atoms with Crippen LogP contribution < -0.4 is 5.32 Å². The van der Waals surface area contributed by atoms with Crippen molar-refractivity contribution >= 4 is 6.09 Å². The number of nitrogens with one attached hydrogen (secondary N) is 1. The zero-order chi connectivity index (χ0) is 10.6. The fraction of sp³-hybridized carbons (Fsp3) is 0.900. The number of amides is 1. The first-order chi connectivity index (χ1) is 6.54. The zero-order valence-electron chi connectivity index (χ0n) is 8.88. The molecule has 0 aromatic heterocycles. The summed E-state index contributed by atoms with van der Waals surface area (Å²) in [6, 6.07) is 0. The Balaban J connectivity index is 2.48. The largest absolute Gasteiger partial charge is 0.465 e. The van der Waals surface area contributed by atoms with Gasteiger partial charge in [0, 0.05) is 0 Å². The van der Waals surface area contributed by atoms with Gasteiger partial charge < -0.3 is 15.2 Å². The lowest BCUT2D eigenvalue weighted by Crippen LogP contribution is -2.49. The second-order valence-corrected chi connectivity index (χ2v) is 4.28. The quantitative estimate of drug-likeness (QED) is 0.731. The van der Waals surface area contributed by atoms with Gasteiger partial charge in [-0.25, -0.2) is 4.79 Å². The predicted molar refractivity (Wildman–Crippen MR) is 53.4 cm³/mol. The molecule has 1 rings (SSSR count). The highest BCUT2D eigenvalue weighted by atomic mass is 16.5. The summed E-state index contributed by atoms with van der Waals surface area (Å²) in [6.07, 6.45) is 3.17. The molecule has 0 radical (unpaired) electrons. The molecule has 4 nitrogen and oxygen atoms in total. The Kier molecular flexibility index (Phi) is 3.75. The number of rotatable bonds is 4. The summed E-state index contributed by atoms with van der Waals surface area (Å²) < 4.78 is 5.50. The van der Waals surface area contributed by atoms with Gasteiger partial charge in [0.2, 0.25) is 0 Å². The lowest BCUT2D eigenvalue weighted by atomic mass is 9.99. The van der Waals surface area contributed by atoms with E-state index in [1.165, 1.54) is 0 Å². The van der Waals surface area contributed by atoms with Gasteiger partial charge in [0.05, 0.1) is 18.2 Å². The van der Waals surface area contributed by atoms with E-state index in [9.17, 15) is 4.79 Å². The predicted octanol–water partition coefficient (Wildman–Crippen LogP) is 1.99. The van der Waals surface area contributed by atoms with Gasteiger partial charge in [0.15, 0.2) is 0 Å². The Morgan fingerprint density at radius 3 is 2.50 bits per heavy atom. The second-order valence-electron chi connectivity index (χ2n) is 4.28. The molecule has 0 aromatic carbocycles. The van der Waals surface area contributed by atoms with Crippen LogP contribution in [-0.4, -0.2) is 29.4 Å². The smallest absolute Gasteiger partial charge is 0.405 e. The molecule has 1 fully saturated rings. The van der Waals surface area contributed by atoms with Crippen molar-refractivity contribution in [1.82, 2.24) is 5.32 Å². The van der Waals surface area contributed by atoms with Crippen LogP contribution in [0.3, 0.4) is 0 Å². The van der Waals surface area contributed by atoms with Gasteiger partial charge in [-0.1, -0.05) is 12.8 Å². The van der Waals surface area contributed by atoms with Crippen molar-refractivity contribution in [3.05, 3.63) is 0 Å². The van der Waals surface area contributed by atoms with E-state index in [0.29, 0.717) is 6.61 Å². The molecule has 4 heteroatoms. The first-order valence-electron chi connectivity index (χ1n) is 5.17. The Bertz CT molecular complexity index is 198. The highest BCUT2D eigenvalue weighted by molar-refractivity contribution is 5.65. The van der Waals surface area contributed by atoms with Gasteiger partial charge in [-0.05, 0) is 26.7 Å². The van der Waals surface area contributed by atoms with Gasteiger partial charge in [0.25, 0.3) is 0 Å². The highest BCUT2D eigenvalue weighted by Crippen LogP contribution is 2.30. The summed E-state index contributed by atoms with van der Waals surface area (Å²) in [4.78, 5) is 10.6. The summed E-state index contributed by atoms with van der Waals surface area (Å²) in [5, 5.41) is 11.3. The molecule has 0 aliphatic heterocycles. The Morgan fingerprint density at radius 1 is 1.50 bits per heavy atom. The summed E-state index contributed by atoms with van der Waals surface area (Å²) in [7, 11) is 0. The number of carbonyl (C=O) groups is 1. The molecular formula is C10H19NO3. The first-order valence-corrected chi connectivity index (χ1v) is 5.17. The molecule has 0 saturated heterocycles. The van der Waals surface area contributed by atoms with Crippen molar-refractivity contribution in [2.45, 2.75) is 51.2 Å². The molecular weight excluding hydrogens is 182 g/mol. The van der Waals surface area contributed by atoms with E-state index in [0.717, 1.165) is 25.7 Å². The molecule has 2 N–H and O–H groups in total. The third-order valence-corrected chi connectivity index (χ3v) is 2.63. The average Bonchev–Trinajstić information content (AvgIpc) is 2.49. The minimum atomic E-state index is -0.945. The van der Waals surface area contributed by atoms with Crippen LogP contribution in [0.2, 0.25) is 0 Å². The van der Waals surface area contributed by atoms with E-state index < -0.39 is 6.09 Å². The van der Waals surface area contributed by atoms with Gasteiger partial charge in [0.1, 0.15) is 0 Å². The fourth-order valence-electron chi connectivity index (χ4n) is 1.91. The van der Waals surface area contributed by atoms with Crippen molar-refractivity contribution in [1.29, 1.82) is 0 Å². The molecule has 82 valence electrons. The van der Waals surface area contributed by atoms with Crippen LogP contribution in [0, 0.1) is 0 Å². The van der Waals surface area contributed by atoms with Crippen LogP contribution in [0.15, 0.2) is 0 Å². The number of hydrogen-bond acceptors (Lipinski definition) is 2. The molecule has 0 heterocycles. The van der Waals surface area contributed by atoms with Crippen LogP contribution in [0.1, 0.15) is 39.5 Å². The fourth-order valence-corrected chi connectivity index (χ4v) is 1.91. The average molecular weight is 201 g/mol. The van der Waals surface area contributed by atoms with Crippen molar-refractivity contribution in [2.24, 2.45) is 0 Å².